The molecule has 6 heteroatoms. The highest BCUT2D eigenvalue weighted by Gasteiger charge is 2.18. The van der Waals surface area contributed by atoms with Gasteiger partial charge in [0.15, 0.2) is 0 Å². The molecule has 0 aromatic heterocycles. The number of carbonyl (C=O) groups excluding carboxylic acids is 1. The fourth-order valence-electron chi connectivity index (χ4n) is 1.82. The molecule has 1 rings (SSSR count). The van der Waals surface area contributed by atoms with Gasteiger partial charge in [0.25, 0.3) is 0 Å². The first kappa shape index (κ1) is 15.8. The summed E-state index contributed by atoms with van der Waals surface area (Å²) < 4.78 is 0. The van der Waals surface area contributed by atoms with Gasteiger partial charge in [-0.15, -0.1) is 0 Å². The van der Waals surface area contributed by atoms with Crippen molar-refractivity contribution >= 4 is 23.3 Å². The van der Waals surface area contributed by atoms with Crippen LogP contribution in [0.5, 0.6) is 0 Å². The molecule has 0 atom stereocenters. The molecular formula is C14H21N3O3. The number of aromatic carboxylic acids is 1. The minimum atomic E-state index is -1.07. The molecule has 0 saturated heterocycles. The number of hydrogen-bond acceptors (Lipinski definition) is 4. The fraction of sp³-hybridized carbons (Fsp3) is 0.429. The number of nitrogens with zero attached hydrogens (tertiary/aromatic N) is 1. The second-order valence-corrected chi connectivity index (χ2v) is 5.74. The van der Waals surface area contributed by atoms with Crippen molar-refractivity contribution < 1.29 is 14.7 Å². The zero-order valence-corrected chi connectivity index (χ0v) is 12.2. The van der Waals surface area contributed by atoms with Gasteiger partial charge in [0.2, 0.25) is 5.91 Å². The lowest BCUT2D eigenvalue weighted by molar-refractivity contribution is -0.121. The van der Waals surface area contributed by atoms with E-state index in [0.717, 1.165) is 0 Å². The number of hydrogen-bond donors (Lipinski definition) is 3. The van der Waals surface area contributed by atoms with Crippen LogP contribution in [0.3, 0.4) is 0 Å². The number of likely N-dealkylation sites (N-methyl/N-ethyl adjacent to an activating group) is 1. The molecule has 0 fully saturated rings. The van der Waals surface area contributed by atoms with E-state index in [9.17, 15) is 14.7 Å². The molecule has 1 amide bonds. The number of nitrogens with one attached hydrogen (secondary N) is 1. The van der Waals surface area contributed by atoms with E-state index in [1.807, 2.05) is 20.8 Å². The predicted octanol–water partition coefficient (Wildman–Crippen LogP) is 1.32. The molecule has 1 aromatic rings. The maximum Gasteiger partial charge on any atom is 0.337 e. The Labute approximate surface area is 118 Å². The smallest absolute Gasteiger partial charge is 0.337 e. The zero-order valence-electron chi connectivity index (χ0n) is 12.2. The van der Waals surface area contributed by atoms with Crippen LogP contribution in [-0.4, -0.2) is 36.1 Å². The van der Waals surface area contributed by atoms with Gasteiger partial charge in [-0.25, -0.2) is 4.79 Å². The normalized spacial score (nSPS) is 11.0. The largest absolute Gasteiger partial charge is 0.478 e. The molecule has 0 bridgehead atoms. The molecule has 20 heavy (non-hydrogen) atoms. The van der Waals surface area contributed by atoms with E-state index in [0.29, 0.717) is 11.4 Å². The number of rotatable bonds is 4. The Kier molecular flexibility index (Phi) is 4.60. The van der Waals surface area contributed by atoms with E-state index in [1.165, 1.54) is 6.07 Å². The number of carbonyl (C=O) groups is 2. The number of nitrogens with two attached hydrogens (primary N) is 1. The quantitative estimate of drug-likeness (QED) is 0.722. The number of carboxylic acids is 1. The van der Waals surface area contributed by atoms with Crippen LogP contribution in [-0.2, 0) is 4.79 Å². The number of carboxylic acid groups (broad SMARTS) is 1. The summed E-state index contributed by atoms with van der Waals surface area (Å²) in [6.45, 7) is 5.73. The highest BCUT2D eigenvalue weighted by atomic mass is 16.4. The summed E-state index contributed by atoms with van der Waals surface area (Å²) in [6, 6.07) is 4.60. The summed E-state index contributed by atoms with van der Waals surface area (Å²) >= 11 is 0. The van der Waals surface area contributed by atoms with Gasteiger partial charge in [0, 0.05) is 18.3 Å². The minimum absolute atomic E-state index is 0.0709. The Morgan fingerprint density at radius 2 is 1.95 bits per heavy atom. The van der Waals surface area contributed by atoms with Gasteiger partial charge in [-0.1, -0.05) is 0 Å². The van der Waals surface area contributed by atoms with E-state index in [1.54, 1.807) is 24.1 Å². The van der Waals surface area contributed by atoms with Crippen molar-refractivity contribution in [1.29, 1.82) is 0 Å². The molecule has 0 spiro atoms. The summed E-state index contributed by atoms with van der Waals surface area (Å²) in [5.74, 6) is -1.25. The predicted molar refractivity (Wildman–Crippen MR) is 79.0 cm³/mol. The maximum atomic E-state index is 11.9. The summed E-state index contributed by atoms with van der Waals surface area (Å²) in [6.07, 6.45) is 0. The van der Waals surface area contributed by atoms with E-state index >= 15 is 0 Å². The standard InChI is InChI=1S/C14H21N3O3/c1-14(2,3)16-12(18)8-17(4)11-6-5-9(15)7-10(11)13(19)20/h5-7H,8,15H2,1-4H3,(H,16,18)(H,19,20). The second kappa shape index (κ2) is 5.81. The maximum absolute atomic E-state index is 11.9. The van der Waals surface area contributed by atoms with Gasteiger partial charge in [-0.2, -0.15) is 0 Å². The Hall–Kier alpha value is -2.24. The SMILES string of the molecule is CN(CC(=O)NC(C)(C)C)c1ccc(N)cc1C(=O)O. The molecule has 0 aliphatic rings. The first-order valence-corrected chi connectivity index (χ1v) is 6.25. The Morgan fingerprint density at radius 3 is 2.45 bits per heavy atom. The lowest BCUT2D eigenvalue weighted by Crippen LogP contribution is -2.45. The first-order chi connectivity index (χ1) is 9.10. The summed E-state index contributed by atoms with van der Waals surface area (Å²) in [5, 5.41) is 12.0. The highest BCUT2D eigenvalue weighted by Crippen LogP contribution is 2.22. The van der Waals surface area contributed by atoms with Gasteiger partial charge < -0.3 is 21.1 Å². The number of amides is 1. The van der Waals surface area contributed by atoms with Crippen molar-refractivity contribution in [3.8, 4) is 0 Å². The van der Waals surface area contributed by atoms with E-state index in [-0.39, 0.29) is 23.6 Å². The van der Waals surface area contributed by atoms with Crippen LogP contribution in [0, 0.1) is 0 Å². The molecule has 0 saturated carbocycles. The van der Waals surface area contributed by atoms with Crippen LogP contribution >= 0.6 is 0 Å². The summed E-state index contributed by atoms with van der Waals surface area (Å²) in [5.41, 5.74) is 6.17. The monoisotopic (exact) mass is 279 g/mol. The zero-order chi connectivity index (χ0) is 15.5. The van der Waals surface area contributed by atoms with Crippen LogP contribution in [0.4, 0.5) is 11.4 Å². The average molecular weight is 279 g/mol. The van der Waals surface area contributed by atoms with E-state index in [4.69, 9.17) is 5.73 Å². The molecule has 0 heterocycles. The third-order valence-electron chi connectivity index (χ3n) is 2.56. The van der Waals surface area contributed by atoms with E-state index < -0.39 is 5.97 Å². The van der Waals surface area contributed by atoms with Gasteiger partial charge in [0.05, 0.1) is 17.8 Å². The van der Waals surface area contributed by atoms with Crippen LogP contribution in [0.2, 0.25) is 0 Å². The number of benzene rings is 1. The number of anilines is 2. The van der Waals surface area contributed by atoms with Gasteiger partial charge in [0.1, 0.15) is 0 Å². The summed E-state index contributed by atoms with van der Waals surface area (Å²) in [7, 11) is 1.67. The van der Waals surface area contributed by atoms with Crippen molar-refractivity contribution in [1.82, 2.24) is 5.32 Å². The Morgan fingerprint density at radius 1 is 1.35 bits per heavy atom. The fourth-order valence-corrected chi connectivity index (χ4v) is 1.82. The Bertz CT molecular complexity index is 521. The van der Waals surface area contributed by atoms with Crippen molar-refractivity contribution in [2.24, 2.45) is 0 Å². The molecule has 4 N–H and O–H groups in total. The summed E-state index contributed by atoms with van der Waals surface area (Å²) in [4.78, 5) is 24.7. The first-order valence-electron chi connectivity index (χ1n) is 6.25. The average Bonchev–Trinajstić information content (AvgIpc) is 2.25. The Balaban J connectivity index is 2.90. The topological polar surface area (TPSA) is 95.7 Å². The van der Waals surface area contributed by atoms with Crippen LogP contribution in [0.25, 0.3) is 0 Å². The highest BCUT2D eigenvalue weighted by molar-refractivity contribution is 5.96. The van der Waals surface area contributed by atoms with Crippen LogP contribution in [0.1, 0.15) is 31.1 Å². The molecule has 110 valence electrons. The van der Waals surface area contributed by atoms with Crippen molar-refractivity contribution in [2.75, 3.05) is 24.2 Å². The van der Waals surface area contributed by atoms with E-state index in [2.05, 4.69) is 5.32 Å². The third kappa shape index (κ3) is 4.46. The molecular weight excluding hydrogens is 258 g/mol. The van der Waals surface area contributed by atoms with Gasteiger partial charge in [-0.05, 0) is 39.0 Å². The van der Waals surface area contributed by atoms with Crippen molar-refractivity contribution in [3.05, 3.63) is 23.8 Å². The van der Waals surface area contributed by atoms with Crippen LogP contribution in [0.15, 0.2) is 18.2 Å². The van der Waals surface area contributed by atoms with Gasteiger partial charge >= 0.3 is 5.97 Å². The number of nitrogen functional groups attached to an aromatic ring is 1. The molecule has 0 unspecified atom stereocenters. The van der Waals surface area contributed by atoms with Crippen LogP contribution < -0.4 is 16.0 Å². The van der Waals surface area contributed by atoms with Crippen molar-refractivity contribution in [2.45, 2.75) is 26.3 Å². The molecule has 0 aliphatic heterocycles. The lowest BCUT2D eigenvalue weighted by atomic mass is 10.1. The lowest BCUT2D eigenvalue weighted by Gasteiger charge is -2.25. The van der Waals surface area contributed by atoms with Crippen molar-refractivity contribution in [3.63, 3.8) is 0 Å². The molecule has 0 radical (unpaired) electrons. The molecule has 6 nitrogen and oxygen atoms in total. The molecule has 0 aliphatic carbocycles. The minimum Gasteiger partial charge on any atom is -0.478 e. The molecule has 1 aromatic carbocycles. The van der Waals surface area contributed by atoms with Gasteiger partial charge in [-0.3, -0.25) is 4.79 Å². The second-order valence-electron chi connectivity index (χ2n) is 5.74. The third-order valence-corrected chi connectivity index (χ3v) is 2.56.